The average molecular weight is 234 g/mol. The van der Waals surface area contributed by atoms with Crippen molar-refractivity contribution in [1.82, 2.24) is 10.0 Å². The summed E-state index contributed by atoms with van der Waals surface area (Å²) in [5.74, 6) is 0.687. The third kappa shape index (κ3) is 5.49. The highest BCUT2D eigenvalue weighted by atomic mass is 32.2. The predicted octanol–water partition coefficient (Wildman–Crippen LogP) is 0.704. The third-order valence-electron chi connectivity index (χ3n) is 2.61. The van der Waals surface area contributed by atoms with Crippen molar-refractivity contribution in [2.75, 3.05) is 18.8 Å². The summed E-state index contributed by atoms with van der Waals surface area (Å²) >= 11 is 0. The second kappa shape index (κ2) is 5.82. The molecule has 0 unspecified atom stereocenters. The zero-order valence-electron chi connectivity index (χ0n) is 9.62. The molecule has 1 heterocycles. The van der Waals surface area contributed by atoms with Gasteiger partial charge >= 0.3 is 0 Å². The van der Waals surface area contributed by atoms with Crippen LogP contribution in [0.2, 0.25) is 0 Å². The van der Waals surface area contributed by atoms with E-state index in [0.29, 0.717) is 5.92 Å². The SMILES string of the molecule is CC(C)CCS(=O)(=O)N[C@H]1CCCNC1. The van der Waals surface area contributed by atoms with Crippen LogP contribution in [-0.2, 0) is 10.0 Å². The van der Waals surface area contributed by atoms with Crippen molar-refractivity contribution in [1.29, 1.82) is 0 Å². The Hall–Kier alpha value is -0.130. The minimum atomic E-state index is -3.07. The zero-order valence-corrected chi connectivity index (χ0v) is 10.4. The highest BCUT2D eigenvalue weighted by molar-refractivity contribution is 7.89. The normalized spacial score (nSPS) is 23.3. The lowest BCUT2D eigenvalue weighted by atomic mass is 10.1. The van der Waals surface area contributed by atoms with E-state index in [4.69, 9.17) is 0 Å². The Morgan fingerprint density at radius 3 is 2.73 bits per heavy atom. The van der Waals surface area contributed by atoms with Gasteiger partial charge in [0.15, 0.2) is 0 Å². The predicted molar refractivity (Wildman–Crippen MR) is 62.3 cm³/mol. The molecule has 1 rings (SSSR count). The molecule has 4 nitrogen and oxygen atoms in total. The summed E-state index contributed by atoms with van der Waals surface area (Å²) in [5, 5.41) is 3.20. The lowest BCUT2D eigenvalue weighted by molar-refractivity contribution is 0.427. The van der Waals surface area contributed by atoms with E-state index >= 15 is 0 Å². The molecule has 1 fully saturated rings. The van der Waals surface area contributed by atoms with Crippen LogP contribution >= 0.6 is 0 Å². The van der Waals surface area contributed by atoms with Gasteiger partial charge in [-0.25, -0.2) is 13.1 Å². The minimum absolute atomic E-state index is 0.0934. The maximum atomic E-state index is 11.7. The molecule has 0 aromatic carbocycles. The van der Waals surface area contributed by atoms with E-state index in [9.17, 15) is 8.42 Å². The van der Waals surface area contributed by atoms with Gasteiger partial charge in [-0.05, 0) is 31.7 Å². The summed E-state index contributed by atoms with van der Waals surface area (Å²) in [7, 11) is -3.07. The Labute approximate surface area is 92.9 Å². The van der Waals surface area contributed by atoms with Gasteiger partial charge in [-0.2, -0.15) is 0 Å². The van der Waals surface area contributed by atoms with Crippen LogP contribution in [0.1, 0.15) is 33.1 Å². The van der Waals surface area contributed by atoms with Crippen LogP contribution in [0, 0.1) is 5.92 Å². The van der Waals surface area contributed by atoms with E-state index in [2.05, 4.69) is 10.0 Å². The summed E-state index contributed by atoms with van der Waals surface area (Å²) in [6, 6.07) is 0.0934. The number of hydrogen-bond donors (Lipinski definition) is 2. The second-order valence-corrected chi connectivity index (χ2v) is 6.54. The molecule has 0 saturated carbocycles. The van der Waals surface area contributed by atoms with Crippen LogP contribution in [-0.4, -0.2) is 33.3 Å². The van der Waals surface area contributed by atoms with Gasteiger partial charge in [0, 0.05) is 12.6 Å². The van der Waals surface area contributed by atoms with E-state index in [-0.39, 0.29) is 11.8 Å². The molecule has 0 radical (unpaired) electrons. The standard InChI is InChI=1S/C10H22N2O2S/c1-9(2)5-7-15(13,14)12-10-4-3-6-11-8-10/h9-12H,3-8H2,1-2H3/t10-/m0/s1. The lowest BCUT2D eigenvalue weighted by Gasteiger charge is -2.23. The first-order valence-electron chi connectivity index (χ1n) is 5.70. The third-order valence-corrected chi connectivity index (χ3v) is 4.07. The summed E-state index contributed by atoms with van der Waals surface area (Å²) in [6.07, 6.45) is 2.74. The van der Waals surface area contributed by atoms with Gasteiger partial charge in [-0.3, -0.25) is 0 Å². The van der Waals surface area contributed by atoms with Crippen LogP contribution in [0.25, 0.3) is 0 Å². The summed E-state index contributed by atoms with van der Waals surface area (Å²) < 4.78 is 26.1. The Morgan fingerprint density at radius 2 is 2.20 bits per heavy atom. The van der Waals surface area contributed by atoms with E-state index < -0.39 is 10.0 Å². The fraction of sp³-hybridized carbons (Fsp3) is 1.00. The molecule has 5 heteroatoms. The molecule has 0 amide bonds. The van der Waals surface area contributed by atoms with Gasteiger partial charge in [0.1, 0.15) is 0 Å². The number of sulfonamides is 1. The van der Waals surface area contributed by atoms with Gasteiger partial charge in [0.25, 0.3) is 0 Å². The van der Waals surface area contributed by atoms with Crippen molar-refractivity contribution in [2.24, 2.45) is 5.92 Å². The summed E-state index contributed by atoms with van der Waals surface area (Å²) in [4.78, 5) is 0. The van der Waals surface area contributed by atoms with E-state index in [1.165, 1.54) is 0 Å². The van der Waals surface area contributed by atoms with Gasteiger partial charge in [0.05, 0.1) is 5.75 Å². The first-order chi connectivity index (χ1) is 6.99. The molecule has 1 aliphatic heterocycles. The van der Waals surface area contributed by atoms with Gasteiger partial charge in [-0.1, -0.05) is 13.8 Å². The molecule has 1 aliphatic rings. The van der Waals surface area contributed by atoms with Crippen molar-refractivity contribution in [3.63, 3.8) is 0 Å². The van der Waals surface area contributed by atoms with Crippen molar-refractivity contribution in [2.45, 2.75) is 39.2 Å². The largest absolute Gasteiger partial charge is 0.315 e. The van der Waals surface area contributed by atoms with Crippen LogP contribution in [0.15, 0.2) is 0 Å². The van der Waals surface area contributed by atoms with Crippen molar-refractivity contribution >= 4 is 10.0 Å². The molecular weight excluding hydrogens is 212 g/mol. The first-order valence-corrected chi connectivity index (χ1v) is 7.35. The molecular formula is C10H22N2O2S. The number of rotatable bonds is 5. The molecule has 90 valence electrons. The number of nitrogens with one attached hydrogen (secondary N) is 2. The second-order valence-electron chi connectivity index (χ2n) is 4.66. The van der Waals surface area contributed by atoms with Crippen molar-refractivity contribution < 1.29 is 8.42 Å². The Balaban J connectivity index is 2.34. The van der Waals surface area contributed by atoms with Crippen LogP contribution < -0.4 is 10.0 Å². The number of hydrogen-bond acceptors (Lipinski definition) is 3. The fourth-order valence-corrected chi connectivity index (χ4v) is 3.26. The Kier molecular flexibility index (Phi) is 5.02. The maximum Gasteiger partial charge on any atom is 0.211 e. The molecule has 1 saturated heterocycles. The van der Waals surface area contributed by atoms with Crippen LogP contribution in [0.3, 0.4) is 0 Å². The number of piperidine rings is 1. The highest BCUT2D eigenvalue weighted by Crippen LogP contribution is 2.06. The molecule has 15 heavy (non-hydrogen) atoms. The average Bonchev–Trinajstić information content (AvgIpc) is 2.16. The van der Waals surface area contributed by atoms with Gasteiger partial charge in [0.2, 0.25) is 10.0 Å². The van der Waals surface area contributed by atoms with Crippen LogP contribution in [0.4, 0.5) is 0 Å². The molecule has 0 spiro atoms. The maximum absolute atomic E-state index is 11.7. The Morgan fingerprint density at radius 1 is 1.47 bits per heavy atom. The van der Waals surface area contributed by atoms with Crippen molar-refractivity contribution in [3.05, 3.63) is 0 Å². The monoisotopic (exact) mass is 234 g/mol. The fourth-order valence-electron chi connectivity index (χ4n) is 1.66. The van der Waals surface area contributed by atoms with Crippen LogP contribution in [0.5, 0.6) is 0 Å². The topological polar surface area (TPSA) is 58.2 Å². The van der Waals surface area contributed by atoms with Gasteiger partial charge in [-0.15, -0.1) is 0 Å². The first kappa shape index (κ1) is 12.9. The van der Waals surface area contributed by atoms with E-state index in [1.54, 1.807) is 0 Å². The molecule has 0 bridgehead atoms. The quantitative estimate of drug-likeness (QED) is 0.736. The van der Waals surface area contributed by atoms with E-state index in [1.807, 2.05) is 13.8 Å². The molecule has 0 aliphatic carbocycles. The smallest absolute Gasteiger partial charge is 0.211 e. The minimum Gasteiger partial charge on any atom is -0.315 e. The Bertz CT molecular complexity index is 269. The van der Waals surface area contributed by atoms with Gasteiger partial charge < -0.3 is 5.32 Å². The molecule has 1 atom stereocenters. The molecule has 2 N–H and O–H groups in total. The highest BCUT2D eigenvalue weighted by Gasteiger charge is 2.19. The molecule has 0 aromatic rings. The molecule has 0 aromatic heterocycles. The summed E-state index contributed by atoms with van der Waals surface area (Å²) in [5.41, 5.74) is 0. The zero-order chi connectivity index (χ0) is 11.3. The van der Waals surface area contributed by atoms with E-state index in [0.717, 1.165) is 32.4 Å². The summed E-state index contributed by atoms with van der Waals surface area (Å²) in [6.45, 7) is 5.85. The lowest BCUT2D eigenvalue weighted by Crippen LogP contribution is -2.46. The van der Waals surface area contributed by atoms with Crippen molar-refractivity contribution in [3.8, 4) is 0 Å².